The maximum atomic E-state index is 12.6. The molecule has 21 heavy (non-hydrogen) atoms. The zero-order valence-electron chi connectivity index (χ0n) is 14.1. The zero-order valence-corrected chi connectivity index (χ0v) is 15.1. The summed E-state index contributed by atoms with van der Waals surface area (Å²) in [7, 11) is 1.72. The van der Waals surface area contributed by atoms with Crippen molar-refractivity contribution < 1.29 is 18.1 Å². The molecule has 0 fully saturated rings. The summed E-state index contributed by atoms with van der Waals surface area (Å²) in [5.41, 5.74) is 5.13. The van der Waals surface area contributed by atoms with Crippen LogP contribution in [-0.4, -0.2) is 55.6 Å². The van der Waals surface area contributed by atoms with Gasteiger partial charge in [-0.2, -0.15) is 0 Å². The molecule has 0 aliphatic rings. The Bertz CT molecular complexity index is 278. The number of hydrogen-bond donors (Lipinski definition) is 2. The van der Waals surface area contributed by atoms with Gasteiger partial charge >= 0.3 is 8.80 Å². The molecule has 0 amide bonds. The standard InChI is InChI=1S/C14H32N2O4Si/c1-12(2)11-13(17)14(7-6-9-16-10-8-15)21(18-3,19-4)20-5/h12,14,16H,6-11,15H2,1-5H3. The van der Waals surface area contributed by atoms with Crippen LogP contribution in [0.2, 0.25) is 5.54 Å². The van der Waals surface area contributed by atoms with Crippen LogP contribution in [0, 0.1) is 5.92 Å². The highest BCUT2D eigenvalue weighted by Crippen LogP contribution is 2.31. The summed E-state index contributed by atoms with van der Waals surface area (Å²) in [4.78, 5) is 12.6. The lowest BCUT2D eigenvalue weighted by Crippen LogP contribution is -2.50. The smallest absolute Gasteiger partial charge is 0.376 e. The molecule has 0 aliphatic carbocycles. The highest BCUT2D eigenvalue weighted by Gasteiger charge is 2.50. The molecule has 3 N–H and O–H groups in total. The van der Waals surface area contributed by atoms with E-state index in [1.165, 1.54) is 0 Å². The molecule has 0 saturated carbocycles. The first-order chi connectivity index (χ1) is 9.97. The third-order valence-corrected chi connectivity index (χ3v) is 6.62. The van der Waals surface area contributed by atoms with Crippen molar-refractivity contribution in [3.8, 4) is 0 Å². The van der Waals surface area contributed by atoms with Crippen LogP contribution in [0.5, 0.6) is 0 Å². The Balaban J connectivity index is 4.79. The van der Waals surface area contributed by atoms with Gasteiger partial charge in [0.25, 0.3) is 0 Å². The van der Waals surface area contributed by atoms with Crippen molar-refractivity contribution in [2.24, 2.45) is 11.7 Å². The van der Waals surface area contributed by atoms with E-state index in [1.807, 2.05) is 13.8 Å². The van der Waals surface area contributed by atoms with Gasteiger partial charge in [-0.15, -0.1) is 0 Å². The Labute approximate surface area is 130 Å². The Kier molecular flexibility index (Phi) is 11.1. The summed E-state index contributed by atoms with van der Waals surface area (Å²) < 4.78 is 16.5. The number of hydrogen-bond acceptors (Lipinski definition) is 6. The minimum atomic E-state index is -2.95. The average molecular weight is 321 g/mol. The van der Waals surface area contributed by atoms with Gasteiger partial charge in [-0.1, -0.05) is 13.8 Å². The van der Waals surface area contributed by atoms with E-state index in [9.17, 15) is 4.79 Å². The first-order valence-corrected chi connectivity index (χ1v) is 9.36. The second kappa shape index (κ2) is 11.3. The summed E-state index contributed by atoms with van der Waals surface area (Å²) in [6, 6.07) is 0. The average Bonchev–Trinajstić information content (AvgIpc) is 2.46. The highest BCUT2D eigenvalue weighted by atomic mass is 28.4. The summed E-state index contributed by atoms with van der Waals surface area (Å²) in [5, 5.41) is 3.23. The fraction of sp³-hybridized carbons (Fsp3) is 0.929. The van der Waals surface area contributed by atoms with Gasteiger partial charge in [-0.25, -0.2) is 0 Å². The molecule has 0 aliphatic heterocycles. The lowest BCUT2D eigenvalue weighted by Gasteiger charge is -2.32. The zero-order chi connectivity index (χ0) is 16.3. The van der Waals surface area contributed by atoms with Gasteiger partial charge in [0.2, 0.25) is 0 Å². The molecule has 1 atom stereocenters. The molecule has 7 heteroatoms. The van der Waals surface area contributed by atoms with Crippen molar-refractivity contribution in [2.75, 3.05) is 41.0 Å². The third kappa shape index (κ3) is 6.99. The summed E-state index contributed by atoms with van der Waals surface area (Å²) >= 11 is 0. The quantitative estimate of drug-likeness (QED) is 0.392. The van der Waals surface area contributed by atoms with Crippen molar-refractivity contribution in [2.45, 2.75) is 38.7 Å². The number of rotatable bonds is 13. The number of carbonyl (C=O) groups is 1. The molecule has 0 heterocycles. The van der Waals surface area contributed by atoms with Crippen molar-refractivity contribution in [1.82, 2.24) is 5.32 Å². The summed E-state index contributed by atoms with van der Waals surface area (Å²) in [5.74, 6) is 0.480. The van der Waals surface area contributed by atoms with Gasteiger partial charge in [0.1, 0.15) is 5.78 Å². The van der Waals surface area contributed by atoms with E-state index < -0.39 is 8.80 Å². The van der Waals surface area contributed by atoms with Gasteiger partial charge in [0.05, 0.1) is 5.54 Å². The first kappa shape index (κ1) is 20.7. The van der Waals surface area contributed by atoms with Crippen molar-refractivity contribution in [1.29, 1.82) is 0 Å². The fourth-order valence-corrected chi connectivity index (χ4v) is 4.84. The van der Waals surface area contributed by atoms with E-state index in [0.717, 1.165) is 19.5 Å². The number of ketones is 1. The number of Topliss-reactive ketones (excluding diaryl/α,β-unsaturated/α-hetero) is 1. The van der Waals surface area contributed by atoms with Crippen LogP contribution in [-0.2, 0) is 18.1 Å². The van der Waals surface area contributed by atoms with Crippen LogP contribution in [0.25, 0.3) is 0 Å². The lowest BCUT2D eigenvalue weighted by atomic mass is 10.0. The molecule has 0 bridgehead atoms. The van der Waals surface area contributed by atoms with Crippen LogP contribution in [0.15, 0.2) is 0 Å². The van der Waals surface area contributed by atoms with E-state index in [2.05, 4.69) is 5.32 Å². The minimum absolute atomic E-state index is 0.168. The minimum Gasteiger partial charge on any atom is -0.376 e. The predicted octanol–water partition coefficient (Wildman–Crippen LogP) is 1.18. The van der Waals surface area contributed by atoms with Gasteiger partial charge < -0.3 is 24.3 Å². The Morgan fingerprint density at radius 3 is 2.14 bits per heavy atom. The number of nitrogens with two attached hydrogens (primary N) is 1. The predicted molar refractivity (Wildman–Crippen MR) is 86.2 cm³/mol. The molecule has 0 radical (unpaired) electrons. The molecule has 0 aromatic carbocycles. The monoisotopic (exact) mass is 320 g/mol. The van der Waals surface area contributed by atoms with Crippen molar-refractivity contribution in [3.63, 3.8) is 0 Å². The second-order valence-electron chi connectivity index (χ2n) is 5.51. The number of nitrogens with one attached hydrogen (secondary N) is 1. The summed E-state index contributed by atoms with van der Waals surface area (Å²) in [6.07, 6.45) is 2.08. The van der Waals surface area contributed by atoms with E-state index in [0.29, 0.717) is 25.3 Å². The van der Waals surface area contributed by atoms with E-state index >= 15 is 0 Å². The molecule has 1 unspecified atom stereocenters. The largest absolute Gasteiger partial charge is 0.511 e. The molecule has 0 aromatic rings. The Morgan fingerprint density at radius 2 is 1.71 bits per heavy atom. The normalized spacial score (nSPS) is 13.7. The van der Waals surface area contributed by atoms with Gasteiger partial charge in [-0.3, -0.25) is 4.79 Å². The van der Waals surface area contributed by atoms with Gasteiger partial charge in [-0.05, 0) is 25.3 Å². The van der Waals surface area contributed by atoms with Crippen LogP contribution < -0.4 is 11.1 Å². The molecule has 0 aromatic heterocycles. The number of carbonyl (C=O) groups excluding carboxylic acids is 1. The SMILES string of the molecule is CO[Si](OC)(OC)C(CCCNCCN)C(=O)CC(C)C. The maximum absolute atomic E-state index is 12.6. The van der Waals surface area contributed by atoms with E-state index in [-0.39, 0.29) is 11.3 Å². The van der Waals surface area contributed by atoms with Crippen LogP contribution >= 0.6 is 0 Å². The molecular weight excluding hydrogens is 288 g/mol. The fourth-order valence-electron chi connectivity index (χ4n) is 2.41. The van der Waals surface area contributed by atoms with Gasteiger partial charge in [0.15, 0.2) is 0 Å². The first-order valence-electron chi connectivity index (χ1n) is 7.56. The molecule has 0 rings (SSSR count). The van der Waals surface area contributed by atoms with Crippen LogP contribution in [0.4, 0.5) is 0 Å². The van der Waals surface area contributed by atoms with E-state index in [4.69, 9.17) is 19.0 Å². The molecule has 0 saturated heterocycles. The summed E-state index contributed by atoms with van der Waals surface area (Å²) in [6.45, 7) is 6.29. The lowest BCUT2D eigenvalue weighted by molar-refractivity contribution is -0.121. The molecule has 0 spiro atoms. The Morgan fingerprint density at radius 1 is 1.14 bits per heavy atom. The topological polar surface area (TPSA) is 82.8 Å². The Hall–Kier alpha value is -0.313. The van der Waals surface area contributed by atoms with Crippen molar-refractivity contribution in [3.05, 3.63) is 0 Å². The van der Waals surface area contributed by atoms with Crippen LogP contribution in [0.3, 0.4) is 0 Å². The molecular formula is C14H32N2O4Si. The van der Waals surface area contributed by atoms with Gasteiger partial charge in [0, 0.05) is 40.8 Å². The van der Waals surface area contributed by atoms with Crippen molar-refractivity contribution >= 4 is 14.6 Å². The molecule has 126 valence electrons. The molecule has 6 nitrogen and oxygen atoms in total. The third-order valence-electron chi connectivity index (χ3n) is 3.45. The second-order valence-corrected chi connectivity index (χ2v) is 8.64. The maximum Gasteiger partial charge on any atom is 0.511 e. The highest BCUT2D eigenvalue weighted by molar-refractivity contribution is 6.66. The van der Waals surface area contributed by atoms with Crippen LogP contribution in [0.1, 0.15) is 33.1 Å². The van der Waals surface area contributed by atoms with E-state index in [1.54, 1.807) is 21.3 Å².